The van der Waals surface area contributed by atoms with Crippen molar-refractivity contribution in [3.05, 3.63) is 102 Å². The molecule has 0 fully saturated rings. The van der Waals surface area contributed by atoms with Crippen LogP contribution in [0.2, 0.25) is 0 Å². The Kier molecular flexibility index (Phi) is 5.60. The minimum absolute atomic E-state index is 0.792. The molecule has 0 aliphatic rings. The topological polar surface area (TPSA) is 21.3 Å². The number of hydrogen-bond donors (Lipinski definition) is 1. The molecule has 0 radical (unpaired) electrons. The lowest BCUT2D eigenvalue weighted by atomic mass is 10.1. The summed E-state index contributed by atoms with van der Waals surface area (Å²) in [7, 11) is 1.66. The first-order valence-corrected chi connectivity index (χ1v) is 8.44. The van der Waals surface area contributed by atoms with Gasteiger partial charge < -0.3 is 10.1 Å². The highest BCUT2D eigenvalue weighted by Crippen LogP contribution is 2.22. The van der Waals surface area contributed by atoms with Crippen LogP contribution in [0.1, 0.15) is 11.1 Å². The highest BCUT2D eigenvalue weighted by molar-refractivity contribution is 7.81. The maximum atomic E-state index is 5.62. The van der Waals surface area contributed by atoms with E-state index in [1.54, 1.807) is 7.11 Å². The molecule has 0 aromatic heterocycles. The van der Waals surface area contributed by atoms with Crippen molar-refractivity contribution < 1.29 is 4.74 Å². The molecule has 0 atom stereocenters. The van der Waals surface area contributed by atoms with Gasteiger partial charge in [0.2, 0.25) is 0 Å². The average Bonchev–Trinajstić information content (AvgIpc) is 2.69. The van der Waals surface area contributed by atoms with E-state index in [0.717, 1.165) is 33.1 Å². The summed E-state index contributed by atoms with van der Waals surface area (Å²) in [6.07, 6.45) is 2.00. The summed E-state index contributed by atoms with van der Waals surface area (Å²) < 4.78 is 5.22. The minimum Gasteiger partial charge on any atom is -0.497 e. The summed E-state index contributed by atoms with van der Waals surface area (Å²) in [6, 6.07) is 28.0. The first-order chi connectivity index (χ1) is 12.3. The average molecular weight is 345 g/mol. The fourth-order valence-corrected chi connectivity index (χ4v) is 2.71. The molecule has 0 saturated carbocycles. The Morgan fingerprint density at radius 1 is 0.800 bits per heavy atom. The minimum atomic E-state index is 0.792. The second-order valence-electron chi connectivity index (χ2n) is 5.51. The van der Waals surface area contributed by atoms with E-state index in [9.17, 15) is 0 Å². The molecule has 0 heterocycles. The van der Waals surface area contributed by atoms with Crippen LogP contribution in [0.3, 0.4) is 0 Å². The molecule has 0 saturated heterocycles. The summed E-state index contributed by atoms with van der Waals surface area (Å²) in [5.41, 5.74) is 4.05. The van der Waals surface area contributed by atoms with Gasteiger partial charge in [-0.25, -0.2) is 0 Å². The summed E-state index contributed by atoms with van der Waals surface area (Å²) in [4.78, 5) is 0.792. The molecule has 1 N–H and O–H groups in total. The van der Waals surface area contributed by atoms with Crippen molar-refractivity contribution in [3.8, 4) is 5.75 Å². The SMILES string of the molecule is COc1ccc(NC(=CC(=S)c2ccccc2)c2ccccc2)cc1. The summed E-state index contributed by atoms with van der Waals surface area (Å²) >= 11 is 5.62. The lowest BCUT2D eigenvalue weighted by Gasteiger charge is -2.13. The van der Waals surface area contributed by atoms with Crippen LogP contribution in [0.5, 0.6) is 5.75 Å². The van der Waals surface area contributed by atoms with Crippen molar-refractivity contribution in [2.45, 2.75) is 0 Å². The molecule has 0 bridgehead atoms. The number of anilines is 1. The molecular weight excluding hydrogens is 326 g/mol. The first-order valence-electron chi connectivity index (χ1n) is 8.04. The smallest absolute Gasteiger partial charge is 0.119 e. The lowest BCUT2D eigenvalue weighted by molar-refractivity contribution is 0.415. The second kappa shape index (κ2) is 8.27. The predicted octanol–water partition coefficient (Wildman–Crippen LogP) is 5.57. The van der Waals surface area contributed by atoms with Gasteiger partial charge in [-0.05, 0) is 41.5 Å². The Morgan fingerprint density at radius 3 is 1.92 bits per heavy atom. The molecule has 2 nitrogen and oxygen atoms in total. The van der Waals surface area contributed by atoms with Gasteiger partial charge in [-0.15, -0.1) is 0 Å². The number of thiocarbonyl (C=S) groups is 1. The molecule has 25 heavy (non-hydrogen) atoms. The van der Waals surface area contributed by atoms with Crippen LogP contribution in [0.25, 0.3) is 5.70 Å². The van der Waals surface area contributed by atoms with Gasteiger partial charge in [0.05, 0.1) is 7.11 Å². The standard InChI is InChI=1S/C22H19NOS/c1-24-20-14-12-19(13-15-20)23-21(17-8-4-2-5-9-17)16-22(25)18-10-6-3-7-11-18/h2-16,23H,1H3. The van der Waals surface area contributed by atoms with E-state index in [4.69, 9.17) is 17.0 Å². The highest BCUT2D eigenvalue weighted by Gasteiger charge is 2.05. The quantitative estimate of drug-likeness (QED) is 0.359. The Bertz CT molecular complexity index is 856. The van der Waals surface area contributed by atoms with Crippen LogP contribution in [-0.2, 0) is 0 Å². The van der Waals surface area contributed by atoms with Crippen molar-refractivity contribution in [1.29, 1.82) is 0 Å². The van der Waals surface area contributed by atoms with Crippen LogP contribution < -0.4 is 10.1 Å². The summed E-state index contributed by atoms with van der Waals surface area (Å²) in [5.74, 6) is 0.829. The Hall–Kier alpha value is -2.91. The normalized spacial score (nSPS) is 11.0. The van der Waals surface area contributed by atoms with E-state index in [2.05, 4.69) is 17.4 Å². The summed E-state index contributed by atoms with van der Waals surface area (Å²) in [5, 5.41) is 3.47. The number of methoxy groups -OCH3 is 1. The van der Waals surface area contributed by atoms with Crippen molar-refractivity contribution in [2.24, 2.45) is 0 Å². The van der Waals surface area contributed by atoms with Gasteiger partial charge in [0.15, 0.2) is 0 Å². The van der Waals surface area contributed by atoms with E-state index < -0.39 is 0 Å². The molecule has 0 aliphatic heterocycles. The van der Waals surface area contributed by atoms with Crippen LogP contribution in [0.15, 0.2) is 91.0 Å². The maximum Gasteiger partial charge on any atom is 0.119 e. The van der Waals surface area contributed by atoms with Crippen LogP contribution >= 0.6 is 12.2 Å². The number of nitrogens with one attached hydrogen (secondary N) is 1. The predicted molar refractivity (Wildman–Crippen MR) is 109 cm³/mol. The highest BCUT2D eigenvalue weighted by atomic mass is 32.1. The van der Waals surface area contributed by atoms with E-state index in [1.165, 1.54) is 0 Å². The van der Waals surface area contributed by atoms with Crippen LogP contribution in [0.4, 0.5) is 5.69 Å². The third-order valence-corrected chi connectivity index (χ3v) is 4.14. The second-order valence-corrected chi connectivity index (χ2v) is 5.95. The van der Waals surface area contributed by atoms with Gasteiger partial charge in [-0.2, -0.15) is 0 Å². The number of benzene rings is 3. The van der Waals surface area contributed by atoms with Crippen molar-refractivity contribution in [3.63, 3.8) is 0 Å². The molecular formula is C22H19NOS. The Labute approximate surface area is 153 Å². The van der Waals surface area contributed by atoms with Crippen molar-refractivity contribution in [1.82, 2.24) is 0 Å². The molecule has 3 rings (SSSR count). The van der Waals surface area contributed by atoms with Crippen molar-refractivity contribution >= 4 is 28.5 Å². The van der Waals surface area contributed by atoms with Gasteiger partial charge in [0.1, 0.15) is 5.75 Å². The van der Waals surface area contributed by atoms with Gasteiger partial charge in [-0.1, -0.05) is 72.9 Å². The van der Waals surface area contributed by atoms with E-state index in [1.807, 2.05) is 78.9 Å². The van der Waals surface area contributed by atoms with E-state index in [0.29, 0.717) is 0 Å². The fourth-order valence-electron chi connectivity index (χ4n) is 2.46. The van der Waals surface area contributed by atoms with Gasteiger partial charge in [-0.3, -0.25) is 0 Å². The number of allylic oxidation sites excluding steroid dienone is 1. The summed E-state index contributed by atoms with van der Waals surface area (Å²) in [6.45, 7) is 0. The van der Waals surface area contributed by atoms with E-state index in [-0.39, 0.29) is 0 Å². The van der Waals surface area contributed by atoms with Crippen molar-refractivity contribution in [2.75, 3.05) is 12.4 Å². The van der Waals surface area contributed by atoms with Crippen LogP contribution in [-0.4, -0.2) is 12.0 Å². The number of hydrogen-bond acceptors (Lipinski definition) is 3. The Balaban J connectivity index is 1.92. The number of rotatable bonds is 6. The third-order valence-electron chi connectivity index (χ3n) is 3.79. The lowest BCUT2D eigenvalue weighted by Crippen LogP contribution is -2.03. The molecule has 3 aromatic rings. The molecule has 3 aromatic carbocycles. The molecule has 0 spiro atoms. The fraction of sp³-hybridized carbons (Fsp3) is 0.0455. The van der Waals surface area contributed by atoms with Gasteiger partial charge in [0.25, 0.3) is 0 Å². The van der Waals surface area contributed by atoms with Crippen LogP contribution in [0, 0.1) is 0 Å². The molecule has 3 heteroatoms. The third kappa shape index (κ3) is 4.55. The zero-order valence-corrected chi connectivity index (χ0v) is 14.8. The zero-order valence-electron chi connectivity index (χ0n) is 14.0. The van der Waals surface area contributed by atoms with Gasteiger partial charge in [0, 0.05) is 16.2 Å². The monoisotopic (exact) mass is 345 g/mol. The van der Waals surface area contributed by atoms with E-state index >= 15 is 0 Å². The molecule has 0 amide bonds. The zero-order chi connectivity index (χ0) is 17.5. The largest absolute Gasteiger partial charge is 0.497 e. The molecule has 0 unspecified atom stereocenters. The maximum absolute atomic E-state index is 5.62. The van der Waals surface area contributed by atoms with Gasteiger partial charge >= 0.3 is 0 Å². The molecule has 0 aliphatic carbocycles. The Morgan fingerprint density at radius 2 is 1.36 bits per heavy atom. The number of ether oxygens (including phenoxy) is 1. The first kappa shape index (κ1) is 16.9. The molecule has 124 valence electrons.